The van der Waals surface area contributed by atoms with Gasteiger partial charge in [-0.25, -0.2) is 9.18 Å². The summed E-state index contributed by atoms with van der Waals surface area (Å²) in [5, 5.41) is 7.42. The van der Waals surface area contributed by atoms with Crippen molar-refractivity contribution in [2.75, 3.05) is 6.54 Å². The number of hydrogen-bond donors (Lipinski definition) is 1. The van der Waals surface area contributed by atoms with E-state index in [1.807, 2.05) is 0 Å². The first-order chi connectivity index (χ1) is 12.5. The number of imide groups is 1. The lowest BCUT2D eigenvalue weighted by molar-refractivity contribution is -0.125. The second-order valence-corrected chi connectivity index (χ2v) is 6.98. The first kappa shape index (κ1) is 16.8. The molecule has 26 heavy (non-hydrogen) atoms. The van der Waals surface area contributed by atoms with Crippen molar-refractivity contribution in [3.63, 3.8) is 0 Å². The smallest absolute Gasteiger partial charge is 0.309 e. The fraction of sp³-hybridized carbons (Fsp3) is 0.421. The van der Waals surface area contributed by atoms with Crippen LogP contribution in [0, 0.1) is 12.7 Å². The molecule has 2 heterocycles. The molecule has 1 saturated heterocycles. The number of aryl methyl sites for hydroxylation is 1. The van der Waals surface area contributed by atoms with Gasteiger partial charge in [-0.1, -0.05) is 12.1 Å². The number of H-pyrrole nitrogens is 1. The number of benzene rings is 1. The van der Waals surface area contributed by atoms with E-state index < -0.39 is 0 Å². The van der Waals surface area contributed by atoms with E-state index in [2.05, 4.69) is 10.2 Å². The fourth-order valence-electron chi connectivity index (χ4n) is 3.73. The topological polar surface area (TPSA) is 69.3 Å². The maximum atomic E-state index is 13.7. The van der Waals surface area contributed by atoms with Crippen molar-refractivity contribution < 1.29 is 14.0 Å². The summed E-state index contributed by atoms with van der Waals surface area (Å²) < 4.78 is 13.7. The van der Waals surface area contributed by atoms with E-state index >= 15 is 0 Å². The molecule has 0 saturated carbocycles. The van der Waals surface area contributed by atoms with Crippen LogP contribution in [-0.4, -0.2) is 38.5 Å². The van der Waals surface area contributed by atoms with Gasteiger partial charge in [-0.2, -0.15) is 5.10 Å². The second-order valence-electron chi connectivity index (χ2n) is 6.98. The number of amides is 3. The van der Waals surface area contributed by atoms with Crippen molar-refractivity contribution >= 4 is 11.9 Å². The number of rotatable bonds is 4. The molecule has 136 valence electrons. The Labute approximate surface area is 151 Å². The Bertz CT molecular complexity index is 876. The zero-order chi connectivity index (χ0) is 18.3. The van der Waals surface area contributed by atoms with E-state index in [9.17, 15) is 14.0 Å². The van der Waals surface area contributed by atoms with Crippen LogP contribution in [0.3, 0.4) is 0 Å². The molecule has 7 heteroatoms. The van der Waals surface area contributed by atoms with Crippen LogP contribution in [0.15, 0.2) is 18.2 Å². The largest absolute Gasteiger partial charge is 0.327 e. The summed E-state index contributed by atoms with van der Waals surface area (Å²) in [6.07, 6.45) is 4.22. The van der Waals surface area contributed by atoms with E-state index in [0.29, 0.717) is 17.7 Å². The Hall–Kier alpha value is -2.70. The summed E-state index contributed by atoms with van der Waals surface area (Å²) in [6, 6.07) is 4.37. The van der Waals surface area contributed by atoms with Crippen molar-refractivity contribution in [3.05, 3.63) is 52.1 Å². The van der Waals surface area contributed by atoms with Crippen LogP contribution >= 0.6 is 0 Å². The monoisotopic (exact) mass is 356 g/mol. The van der Waals surface area contributed by atoms with Crippen LogP contribution in [0.4, 0.5) is 9.18 Å². The molecule has 0 unspecified atom stereocenters. The van der Waals surface area contributed by atoms with Crippen LogP contribution in [0.1, 0.15) is 40.9 Å². The molecule has 0 spiro atoms. The van der Waals surface area contributed by atoms with E-state index in [1.165, 1.54) is 21.4 Å². The molecule has 2 aliphatic rings. The molecule has 1 aliphatic heterocycles. The number of aromatic nitrogens is 2. The van der Waals surface area contributed by atoms with Crippen LogP contribution in [0.2, 0.25) is 0 Å². The second kappa shape index (κ2) is 6.55. The SMILES string of the molecule is Cc1c(F)cccc1CN1C(=O)CN(Cc2n[nH]c3c2CCCC3)C1=O. The predicted molar refractivity (Wildman–Crippen MR) is 92.7 cm³/mol. The number of fused-ring (bicyclic) bond motifs is 1. The highest BCUT2D eigenvalue weighted by Crippen LogP contribution is 2.25. The van der Waals surface area contributed by atoms with Gasteiger partial charge in [0.1, 0.15) is 12.4 Å². The molecule has 2 aromatic rings. The maximum Gasteiger partial charge on any atom is 0.327 e. The zero-order valence-electron chi connectivity index (χ0n) is 14.7. The van der Waals surface area contributed by atoms with Crippen molar-refractivity contribution in [2.24, 2.45) is 0 Å². The summed E-state index contributed by atoms with van der Waals surface area (Å²) in [5.41, 5.74) is 4.30. The van der Waals surface area contributed by atoms with Crippen LogP contribution in [-0.2, 0) is 30.7 Å². The van der Waals surface area contributed by atoms with E-state index in [4.69, 9.17) is 0 Å². The van der Waals surface area contributed by atoms with Crippen molar-refractivity contribution in [2.45, 2.75) is 45.7 Å². The minimum absolute atomic E-state index is 0.0365. The van der Waals surface area contributed by atoms with Gasteiger partial charge < -0.3 is 4.90 Å². The average molecular weight is 356 g/mol. The Kier molecular flexibility index (Phi) is 4.22. The van der Waals surface area contributed by atoms with Crippen LogP contribution < -0.4 is 0 Å². The Morgan fingerprint density at radius 1 is 1.19 bits per heavy atom. The third-order valence-electron chi connectivity index (χ3n) is 5.32. The normalized spacial score (nSPS) is 17.2. The summed E-state index contributed by atoms with van der Waals surface area (Å²) in [6.45, 7) is 2.11. The quantitative estimate of drug-likeness (QED) is 0.857. The van der Waals surface area contributed by atoms with E-state index in [1.54, 1.807) is 19.1 Å². The highest BCUT2D eigenvalue weighted by molar-refractivity contribution is 6.01. The Morgan fingerprint density at radius 3 is 2.85 bits per heavy atom. The lowest BCUT2D eigenvalue weighted by Gasteiger charge is -2.18. The minimum atomic E-state index is -0.341. The third-order valence-corrected chi connectivity index (χ3v) is 5.32. The summed E-state index contributed by atoms with van der Waals surface area (Å²) >= 11 is 0. The molecule has 4 rings (SSSR count). The summed E-state index contributed by atoms with van der Waals surface area (Å²) in [4.78, 5) is 27.8. The van der Waals surface area contributed by atoms with Gasteiger partial charge in [0.15, 0.2) is 0 Å². The van der Waals surface area contributed by atoms with Gasteiger partial charge in [0, 0.05) is 5.69 Å². The summed E-state index contributed by atoms with van der Waals surface area (Å²) in [7, 11) is 0. The fourth-order valence-corrected chi connectivity index (χ4v) is 3.73. The minimum Gasteiger partial charge on any atom is -0.309 e. The maximum absolute atomic E-state index is 13.7. The molecule has 0 bridgehead atoms. The van der Waals surface area contributed by atoms with Gasteiger partial charge in [-0.05, 0) is 55.4 Å². The molecular weight excluding hydrogens is 335 g/mol. The van der Waals surface area contributed by atoms with Gasteiger partial charge in [0.05, 0.1) is 18.8 Å². The Balaban J connectivity index is 1.50. The number of nitrogens with one attached hydrogen (secondary N) is 1. The summed E-state index contributed by atoms with van der Waals surface area (Å²) in [5.74, 6) is -0.593. The molecular formula is C19H21FN4O2. The standard InChI is InChI=1S/C19H21FN4O2/c1-12-13(5-4-7-15(12)20)9-24-18(25)11-23(19(24)26)10-17-14-6-2-3-8-16(14)21-22-17/h4-5,7H,2-3,6,8-11H2,1H3,(H,21,22). The van der Waals surface area contributed by atoms with Crippen LogP contribution in [0.5, 0.6) is 0 Å². The number of carbonyl (C=O) groups excluding carboxylic acids is 2. The molecule has 1 aliphatic carbocycles. The Morgan fingerprint density at radius 2 is 2.00 bits per heavy atom. The molecule has 3 amide bonds. The average Bonchev–Trinajstić information content (AvgIpc) is 3.15. The first-order valence-corrected chi connectivity index (χ1v) is 8.93. The van der Waals surface area contributed by atoms with Gasteiger partial charge in [-0.15, -0.1) is 0 Å². The number of aromatic amines is 1. The highest BCUT2D eigenvalue weighted by atomic mass is 19.1. The number of carbonyl (C=O) groups is 2. The molecule has 0 atom stereocenters. The molecule has 1 aromatic carbocycles. The molecule has 1 N–H and O–H groups in total. The highest BCUT2D eigenvalue weighted by Gasteiger charge is 2.37. The van der Waals surface area contributed by atoms with Gasteiger partial charge in [0.2, 0.25) is 0 Å². The zero-order valence-corrected chi connectivity index (χ0v) is 14.7. The van der Waals surface area contributed by atoms with Crippen LogP contribution in [0.25, 0.3) is 0 Å². The number of halogens is 1. The van der Waals surface area contributed by atoms with Crippen molar-refractivity contribution in [1.29, 1.82) is 0 Å². The predicted octanol–water partition coefficient (Wildman–Crippen LogP) is 2.70. The number of hydrogen-bond acceptors (Lipinski definition) is 3. The molecule has 1 fully saturated rings. The molecule has 6 nitrogen and oxygen atoms in total. The van der Waals surface area contributed by atoms with Gasteiger partial charge >= 0.3 is 6.03 Å². The lowest BCUT2D eigenvalue weighted by atomic mass is 9.96. The number of urea groups is 1. The number of nitrogens with zero attached hydrogens (tertiary/aromatic N) is 3. The van der Waals surface area contributed by atoms with E-state index in [-0.39, 0.29) is 30.8 Å². The lowest BCUT2D eigenvalue weighted by Crippen LogP contribution is -2.33. The van der Waals surface area contributed by atoms with Crippen molar-refractivity contribution in [1.82, 2.24) is 20.0 Å². The first-order valence-electron chi connectivity index (χ1n) is 8.93. The van der Waals surface area contributed by atoms with E-state index in [0.717, 1.165) is 37.1 Å². The molecule has 1 aromatic heterocycles. The van der Waals surface area contributed by atoms with Gasteiger partial charge in [0.25, 0.3) is 5.91 Å². The third kappa shape index (κ3) is 2.87. The van der Waals surface area contributed by atoms with Gasteiger partial charge in [-0.3, -0.25) is 14.8 Å². The molecule has 0 radical (unpaired) electrons. The van der Waals surface area contributed by atoms with Crippen molar-refractivity contribution in [3.8, 4) is 0 Å².